The predicted molar refractivity (Wildman–Crippen MR) is 76.1 cm³/mol. The van der Waals surface area contributed by atoms with Gasteiger partial charge in [-0.15, -0.1) is 0 Å². The SMILES string of the molecule is Cc1cc(O)c(C(C)C)cc1CN1CCCCC1. The van der Waals surface area contributed by atoms with Crippen LogP contribution in [0, 0.1) is 6.92 Å². The Morgan fingerprint density at radius 3 is 2.44 bits per heavy atom. The summed E-state index contributed by atoms with van der Waals surface area (Å²) in [6.45, 7) is 9.84. The number of hydrogen-bond donors (Lipinski definition) is 1. The summed E-state index contributed by atoms with van der Waals surface area (Å²) < 4.78 is 0. The molecule has 1 aromatic carbocycles. The van der Waals surface area contributed by atoms with E-state index in [4.69, 9.17) is 0 Å². The zero-order valence-corrected chi connectivity index (χ0v) is 11.9. The number of benzene rings is 1. The largest absolute Gasteiger partial charge is 0.508 e. The van der Waals surface area contributed by atoms with Gasteiger partial charge in [-0.05, 0) is 61.5 Å². The maximum Gasteiger partial charge on any atom is 0.119 e. The second kappa shape index (κ2) is 5.75. The molecule has 0 spiro atoms. The molecule has 0 bridgehead atoms. The van der Waals surface area contributed by atoms with Crippen LogP contribution in [0.3, 0.4) is 0 Å². The van der Waals surface area contributed by atoms with Crippen molar-refractivity contribution < 1.29 is 5.11 Å². The molecule has 1 N–H and O–H groups in total. The van der Waals surface area contributed by atoms with Gasteiger partial charge in [0, 0.05) is 6.54 Å². The Morgan fingerprint density at radius 2 is 1.83 bits per heavy atom. The quantitative estimate of drug-likeness (QED) is 0.878. The molecule has 18 heavy (non-hydrogen) atoms. The van der Waals surface area contributed by atoms with Crippen LogP contribution in [0.1, 0.15) is 55.7 Å². The van der Waals surface area contributed by atoms with Crippen LogP contribution in [0.4, 0.5) is 0 Å². The van der Waals surface area contributed by atoms with Gasteiger partial charge in [-0.1, -0.05) is 26.3 Å². The number of aryl methyl sites for hydroxylation is 1. The highest BCUT2D eigenvalue weighted by Gasteiger charge is 2.14. The van der Waals surface area contributed by atoms with E-state index in [0.717, 1.165) is 12.1 Å². The van der Waals surface area contributed by atoms with Crippen LogP contribution in [0.15, 0.2) is 12.1 Å². The summed E-state index contributed by atoms with van der Waals surface area (Å²) in [4.78, 5) is 2.53. The molecule has 0 saturated carbocycles. The van der Waals surface area contributed by atoms with Gasteiger partial charge in [0.1, 0.15) is 5.75 Å². The third-order valence-electron chi connectivity index (χ3n) is 3.95. The van der Waals surface area contributed by atoms with E-state index in [1.165, 1.54) is 43.5 Å². The highest BCUT2D eigenvalue weighted by Crippen LogP contribution is 2.29. The standard InChI is InChI=1S/C16H25NO/c1-12(2)15-10-14(13(3)9-16(15)18)11-17-7-5-4-6-8-17/h9-10,12,18H,4-8,11H2,1-3H3. The van der Waals surface area contributed by atoms with E-state index >= 15 is 0 Å². The Bertz CT molecular complexity index is 406. The summed E-state index contributed by atoms with van der Waals surface area (Å²) in [6.07, 6.45) is 4.03. The first-order valence-corrected chi connectivity index (χ1v) is 7.12. The number of aromatic hydroxyl groups is 1. The molecule has 1 aliphatic heterocycles. The monoisotopic (exact) mass is 247 g/mol. The van der Waals surface area contributed by atoms with Crippen molar-refractivity contribution >= 4 is 0 Å². The third-order valence-corrected chi connectivity index (χ3v) is 3.95. The number of phenolic OH excluding ortho intramolecular Hbond substituents is 1. The molecule has 2 nitrogen and oxygen atoms in total. The maximum atomic E-state index is 9.98. The van der Waals surface area contributed by atoms with Crippen LogP contribution in [-0.2, 0) is 6.54 Å². The molecule has 1 heterocycles. The molecular weight excluding hydrogens is 222 g/mol. The first-order chi connectivity index (χ1) is 8.58. The van der Waals surface area contributed by atoms with Gasteiger partial charge in [0.05, 0.1) is 0 Å². The van der Waals surface area contributed by atoms with Crippen molar-refractivity contribution in [1.82, 2.24) is 4.90 Å². The first-order valence-electron chi connectivity index (χ1n) is 7.12. The lowest BCUT2D eigenvalue weighted by Gasteiger charge is -2.27. The lowest BCUT2D eigenvalue weighted by atomic mass is 9.96. The van der Waals surface area contributed by atoms with Crippen LogP contribution in [-0.4, -0.2) is 23.1 Å². The number of piperidine rings is 1. The molecule has 1 saturated heterocycles. The molecule has 1 aromatic rings. The van der Waals surface area contributed by atoms with E-state index < -0.39 is 0 Å². The fourth-order valence-corrected chi connectivity index (χ4v) is 2.75. The van der Waals surface area contributed by atoms with E-state index in [0.29, 0.717) is 11.7 Å². The first kappa shape index (κ1) is 13.4. The van der Waals surface area contributed by atoms with Crippen molar-refractivity contribution in [3.8, 4) is 5.75 Å². The molecule has 100 valence electrons. The molecule has 0 unspecified atom stereocenters. The van der Waals surface area contributed by atoms with Gasteiger partial charge in [-0.3, -0.25) is 4.90 Å². The summed E-state index contributed by atoms with van der Waals surface area (Å²) in [7, 11) is 0. The van der Waals surface area contributed by atoms with Crippen molar-refractivity contribution in [3.63, 3.8) is 0 Å². The van der Waals surface area contributed by atoms with Crippen LogP contribution >= 0.6 is 0 Å². The minimum absolute atomic E-state index is 0.380. The minimum atomic E-state index is 0.380. The predicted octanol–water partition coefficient (Wildman–Crippen LogP) is 3.81. The number of rotatable bonds is 3. The molecule has 0 aliphatic carbocycles. The second-order valence-electron chi connectivity index (χ2n) is 5.83. The smallest absolute Gasteiger partial charge is 0.119 e. The molecule has 2 rings (SSSR count). The summed E-state index contributed by atoms with van der Waals surface area (Å²) in [5.41, 5.74) is 3.66. The van der Waals surface area contributed by atoms with Crippen molar-refractivity contribution in [2.75, 3.05) is 13.1 Å². The average Bonchev–Trinajstić information content (AvgIpc) is 2.33. The van der Waals surface area contributed by atoms with E-state index in [1.54, 1.807) is 0 Å². The van der Waals surface area contributed by atoms with Crippen LogP contribution in [0.5, 0.6) is 5.75 Å². The fourth-order valence-electron chi connectivity index (χ4n) is 2.75. The van der Waals surface area contributed by atoms with Gasteiger partial charge in [0.15, 0.2) is 0 Å². The number of phenols is 1. The zero-order chi connectivity index (χ0) is 13.1. The second-order valence-corrected chi connectivity index (χ2v) is 5.83. The van der Waals surface area contributed by atoms with E-state index in [-0.39, 0.29) is 0 Å². The van der Waals surface area contributed by atoms with Gasteiger partial charge in [-0.25, -0.2) is 0 Å². The van der Waals surface area contributed by atoms with Gasteiger partial charge < -0.3 is 5.11 Å². The Balaban J connectivity index is 2.18. The Kier molecular flexibility index (Phi) is 4.28. The van der Waals surface area contributed by atoms with Crippen LogP contribution in [0.25, 0.3) is 0 Å². The normalized spacial score (nSPS) is 17.3. The molecule has 0 amide bonds. The average molecular weight is 247 g/mol. The summed E-state index contributed by atoms with van der Waals surface area (Å²) in [5.74, 6) is 0.829. The highest BCUT2D eigenvalue weighted by atomic mass is 16.3. The maximum absolute atomic E-state index is 9.98. The molecule has 0 radical (unpaired) electrons. The molecule has 0 aromatic heterocycles. The zero-order valence-electron chi connectivity index (χ0n) is 11.9. The topological polar surface area (TPSA) is 23.5 Å². The minimum Gasteiger partial charge on any atom is -0.508 e. The van der Waals surface area contributed by atoms with Crippen molar-refractivity contribution in [3.05, 3.63) is 28.8 Å². The Hall–Kier alpha value is -1.02. The van der Waals surface area contributed by atoms with Crippen molar-refractivity contribution in [1.29, 1.82) is 0 Å². The number of nitrogens with zero attached hydrogens (tertiary/aromatic N) is 1. The third kappa shape index (κ3) is 3.05. The van der Waals surface area contributed by atoms with Crippen LogP contribution < -0.4 is 0 Å². The van der Waals surface area contributed by atoms with Crippen molar-refractivity contribution in [2.24, 2.45) is 0 Å². The van der Waals surface area contributed by atoms with Gasteiger partial charge in [0.25, 0.3) is 0 Å². The van der Waals surface area contributed by atoms with Gasteiger partial charge >= 0.3 is 0 Å². The van der Waals surface area contributed by atoms with E-state index in [9.17, 15) is 5.11 Å². The Labute approximate surface area is 111 Å². The Morgan fingerprint density at radius 1 is 1.17 bits per heavy atom. The fraction of sp³-hybridized carbons (Fsp3) is 0.625. The van der Waals surface area contributed by atoms with Gasteiger partial charge in [0.2, 0.25) is 0 Å². The van der Waals surface area contributed by atoms with Gasteiger partial charge in [-0.2, -0.15) is 0 Å². The van der Waals surface area contributed by atoms with Crippen LogP contribution in [0.2, 0.25) is 0 Å². The lowest BCUT2D eigenvalue weighted by Crippen LogP contribution is -2.29. The summed E-state index contributed by atoms with van der Waals surface area (Å²) in [6, 6.07) is 4.12. The number of likely N-dealkylation sites (tertiary alicyclic amines) is 1. The number of hydrogen-bond acceptors (Lipinski definition) is 2. The molecular formula is C16H25NO. The highest BCUT2D eigenvalue weighted by molar-refractivity contribution is 5.43. The van der Waals surface area contributed by atoms with E-state index in [2.05, 4.69) is 31.7 Å². The molecule has 1 fully saturated rings. The van der Waals surface area contributed by atoms with Crippen molar-refractivity contribution in [2.45, 2.75) is 52.5 Å². The summed E-state index contributed by atoms with van der Waals surface area (Å²) >= 11 is 0. The van der Waals surface area contributed by atoms with E-state index in [1.807, 2.05) is 6.07 Å². The molecule has 0 atom stereocenters. The lowest BCUT2D eigenvalue weighted by molar-refractivity contribution is 0.220. The summed E-state index contributed by atoms with van der Waals surface area (Å²) in [5, 5.41) is 9.98. The molecule has 1 aliphatic rings. The molecule has 2 heteroatoms.